The van der Waals surface area contributed by atoms with Gasteiger partial charge in [0.2, 0.25) is 15.9 Å². The molecule has 0 saturated carbocycles. The number of benzene rings is 1. The quantitative estimate of drug-likeness (QED) is 0.670. The molecule has 1 rings (SSSR count). The highest BCUT2D eigenvalue weighted by molar-refractivity contribution is 7.89. The number of nitrogen functional groups attached to an aromatic ring is 1. The second-order valence-electron chi connectivity index (χ2n) is 4.52. The van der Waals surface area contributed by atoms with Crippen LogP contribution in [0.3, 0.4) is 0 Å². The fourth-order valence-electron chi connectivity index (χ4n) is 1.52. The van der Waals surface area contributed by atoms with Crippen LogP contribution in [0.5, 0.6) is 0 Å². The standard InChI is InChI=1S/C12H18FN3O3S/c1-8(2)16-11(17)6-7-15-20(18,19)10-5-3-4-9(13)12(10)14/h3-5,8,15H,6-7,14H2,1-2H3,(H,16,17). The Kier molecular flexibility index (Phi) is 5.46. The predicted molar refractivity (Wildman–Crippen MR) is 73.9 cm³/mol. The largest absolute Gasteiger partial charge is 0.395 e. The Bertz CT molecular complexity index is 588. The number of nitrogens with two attached hydrogens (primary N) is 1. The van der Waals surface area contributed by atoms with E-state index in [1.165, 1.54) is 12.1 Å². The van der Waals surface area contributed by atoms with Crippen molar-refractivity contribution in [1.29, 1.82) is 0 Å². The maximum atomic E-state index is 13.2. The average Bonchev–Trinajstić information content (AvgIpc) is 2.31. The summed E-state index contributed by atoms with van der Waals surface area (Å²) in [5.41, 5.74) is 4.95. The molecule has 0 aliphatic carbocycles. The van der Waals surface area contributed by atoms with Gasteiger partial charge in [-0.3, -0.25) is 4.79 Å². The molecule has 1 aromatic carbocycles. The number of carbonyl (C=O) groups excluding carboxylic acids is 1. The molecule has 0 radical (unpaired) electrons. The minimum absolute atomic E-state index is 0.00731. The Hall–Kier alpha value is -1.67. The van der Waals surface area contributed by atoms with Gasteiger partial charge in [-0.2, -0.15) is 0 Å². The summed E-state index contributed by atoms with van der Waals surface area (Å²) in [5.74, 6) is -1.07. The Labute approximate surface area is 117 Å². The highest BCUT2D eigenvalue weighted by Crippen LogP contribution is 2.20. The zero-order valence-corrected chi connectivity index (χ0v) is 12.1. The first kappa shape index (κ1) is 16.4. The molecule has 0 aliphatic heterocycles. The molecule has 112 valence electrons. The molecule has 0 unspecified atom stereocenters. The van der Waals surface area contributed by atoms with E-state index in [4.69, 9.17) is 5.73 Å². The van der Waals surface area contributed by atoms with Crippen LogP contribution in [0.25, 0.3) is 0 Å². The monoisotopic (exact) mass is 303 g/mol. The van der Waals surface area contributed by atoms with E-state index >= 15 is 0 Å². The summed E-state index contributed by atoms with van der Waals surface area (Å²) in [6.45, 7) is 3.52. The van der Waals surface area contributed by atoms with Crippen molar-refractivity contribution in [3.63, 3.8) is 0 Å². The number of para-hydroxylation sites is 1. The Morgan fingerprint density at radius 1 is 1.40 bits per heavy atom. The fourth-order valence-corrected chi connectivity index (χ4v) is 2.69. The van der Waals surface area contributed by atoms with Crippen molar-refractivity contribution < 1.29 is 17.6 Å². The van der Waals surface area contributed by atoms with Crippen LogP contribution in [0.15, 0.2) is 23.1 Å². The summed E-state index contributed by atoms with van der Waals surface area (Å²) >= 11 is 0. The van der Waals surface area contributed by atoms with Crippen LogP contribution in [0.1, 0.15) is 20.3 Å². The first-order valence-corrected chi connectivity index (χ1v) is 7.55. The van der Waals surface area contributed by atoms with Gasteiger partial charge < -0.3 is 11.1 Å². The van der Waals surface area contributed by atoms with Crippen molar-refractivity contribution in [2.24, 2.45) is 0 Å². The molecule has 0 saturated heterocycles. The van der Waals surface area contributed by atoms with E-state index in [0.29, 0.717) is 0 Å². The first-order chi connectivity index (χ1) is 9.24. The predicted octanol–water partition coefficient (Wildman–Crippen LogP) is 0.601. The zero-order valence-electron chi connectivity index (χ0n) is 11.3. The highest BCUT2D eigenvalue weighted by atomic mass is 32.2. The van der Waals surface area contributed by atoms with Gasteiger partial charge in [-0.05, 0) is 26.0 Å². The van der Waals surface area contributed by atoms with Gasteiger partial charge in [-0.25, -0.2) is 17.5 Å². The lowest BCUT2D eigenvalue weighted by molar-refractivity contribution is -0.121. The van der Waals surface area contributed by atoms with Crippen molar-refractivity contribution in [2.45, 2.75) is 31.2 Å². The minimum atomic E-state index is -3.93. The van der Waals surface area contributed by atoms with Gasteiger partial charge in [0.15, 0.2) is 0 Å². The van der Waals surface area contributed by atoms with Gasteiger partial charge >= 0.3 is 0 Å². The number of rotatable bonds is 6. The van der Waals surface area contributed by atoms with Gasteiger partial charge in [0, 0.05) is 19.0 Å². The third kappa shape index (κ3) is 4.46. The summed E-state index contributed by atoms with van der Waals surface area (Å²) in [5, 5.41) is 2.63. The molecule has 0 aromatic heterocycles. The second-order valence-corrected chi connectivity index (χ2v) is 6.26. The molecule has 4 N–H and O–H groups in total. The Morgan fingerprint density at radius 3 is 2.65 bits per heavy atom. The van der Waals surface area contributed by atoms with E-state index in [9.17, 15) is 17.6 Å². The number of halogens is 1. The van der Waals surface area contributed by atoms with Crippen LogP contribution in [0.2, 0.25) is 0 Å². The van der Waals surface area contributed by atoms with Crippen molar-refractivity contribution >= 4 is 21.6 Å². The maximum absolute atomic E-state index is 13.2. The summed E-state index contributed by atoms with van der Waals surface area (Å²) in [6.07, 6.45) is -0.00731. The molecule has 0 atom stereocenters. The number of sulfonamides is 1. The number of carbonyl (C=O) groups is 1. The van der Waals surface area contributed by atoms with E-state index in [2.05, 4.69) is 10.0 Å². The van der Waals surface area contributed by atoms with Crippen LogP contribution in [-0.2, 0) is 14.8 Å². The number of anilines is 1. The third-order valence-electron chi connectivity index (χ3n) is 2.40. The molecule has 8 heteroatoms. The van der Waals surface area contributed by atoms with E-state index in [1.807, 2.05) is 0 Å². The van der Waals surface area contributed by atoms with Crippen molar-refractivity contribution in [3.05, 3.63) is 24.0 Å². The van der Waals surface area contributed by atoms with Crippen molar-refractivity contribution in [2.75, 3.05) is 12.3 Å². The molecule has 1 amide bonds. The summed E-state index contributed by atoms with van der Waals surface area (Å²) in [6, 6.07) is 3.52. The molecule has 0 spiro atoms. The van der Waals surface area contributed by atoms with Gasteiger partial charge in [-0.15, -0.1) is 0 Å². The molecule has 1 aromatic rings. The van der Waals surface area contributed by atoms with E-state index in [1.54, 1.807) is 13.8 Å². The highest BCUT2D eigenvalue weighted by Gasteiger charge is 2.19. The lowest BCUT2D eigenvalue weighted by Gasteiger charge is -2.10. The first-order valence-electron chi connectivity index (χ1n) is 6.07. The average molecular weight is 303 g/mol. The minimum Gasteiger partial charge on any atom is -0.395 e. The number of hydrogen-bond donors (Lipinski definition) is 3. The number of hydrogen-bond acceptors (Lipinski definition) is 4. The second kappa shape index (κ2) is 6.67. The van der Waals surface area contributed by atoms with E-state index in [0.717, 1.165) is 6.07 Å². The van der Waals surface area contributed by atoms with E-state index in [-0.39, 0.29) is 29.8 Å². The van der Waals surface area contributed by atoms with Gasteiger partial charge in [0.05, 0.1) is 5.69 Å². The Balaban J connectivity index is 2.67. The molecular formula is C12H18FN3O3S. The summed E-state index contributed by atoms with van der Waals surface area (Å²) in [7, 11) is -3.93. The lowest BCUT2D eigenvalue weighted by Crippen LogP contribution is -2.34. The molecule has 6 nitrogen and oxygen atoms in total. The fraction of sp³-hybridized carbons (Fsp3) is 0.417. The van der Waals surface area contributed by atoms with E-state index < -0.39 is 21.5 Å². The van der Waals surface area contributed by atoms with Gasteiger partial charge in [0.25, 0.3) is 0 Å². The number of nitrogens with one attached hydrogen (secondary N) is 2. The van der Waals surface area contributed by atoms with Crippen LogP contribution >= 0.6 is 0 Å². The molecule has 0 fully saturated rings. The number of amides is 1. The van der Waals surface area contributed by atoms with Crippen molar-refractivity contribution in [1.82, 2.24) is 10.0 Å². The SMILES string of the molecule is CC(C)NC(=O)CCNS(=O)(=O)c1cccc(F)c1N. The molecule has 0 heterocycles. The van der Waals surface area contributed by atoms with Crippen molar-refractivity contribution in [3.8, 4) is 0 Å². The lowest BCUT2D eigenvalue weighted by atomic mass is 10.3. The van der Waals surface area contributed by atoms with Crippen LogP contribution in [0.4, 0.5) is 10.1 Å². The summed E-state index contributed by atoms with van der Waals surface area (Å²) < 4.78 is 39.3. The topological polar surface area (TPSA) is 101 Å². The van der Waals surface area contributed by atoms with Gasteiger partial charge in [-0.1, -0.05) is 6.07 Å². The van der Waals surface area contributed by atoms with Gasteiger partial charge in [0.1, 0.15) is 10.7 Å². The normalized spacial score (nSPS) is 11.6. The maximum Gasteiger partial charge on any atom is 0.242 e. The zero-order chi connectivity index (χ0) is 15.3. The molecule has 0 aliphatic rings. The smallest absolute Gasteiger partial charge is 0.242 e. The van der Waals surface area contributed by atoms with Crippen LogP contribution in [-0.4, -0.2) is 26.9 Å². The molecular weight excluding hydrogens is 285 g/mol. The van der Waals surface area contributed by atoms with Crippen LogP contribution < -0.4 is 15.8 Å². The Morgan fingerprint density at radius 2 is 2.05 bits per heavy atom. The van der Waals surface area contributed by atoms with Crippen LogP contribution in [0, 0.1) is 5.82 Å². The molecule has 0 bridgehead atoms. The molecule has 20 heavy (non-hydrogen) atoms. The summed E-state index contributed by atoms with van der Waals surface area (Å²) in [4.78, 5) is 11.0. The third-order valence-corrected chi connectivity index (χ3v) is 3.92.